The van der Waals surface area contributed by atoms with Crippen LogP contribution >= 0.6 is 0 Å². The fourth-order valence-electron chi connectivity index (χ4n) is 3.06. The summed E-state index contributed by atoms with van der Waals surface area (Å²) in [6.45, 7) is 0.559. The first-order valence-corrected chi connectivity index (χ1v) is 7.56. The number of carbonyl (C=O) groups excluding carboxylic acids is 1. The number of fused-ring (bicyclic) bond motifs is 1. The van der Waals surface area contributed by atoms with Gasteiger partial charge in [-0.3, -0.25) is 9.89 Å². The summed E-state index contributed by atoms with van der Waals surface area (Å²) in [4.78, 5) is 17.1. The van der Waals surface area contributed by atoms with Gasteiger partial charge in [-0.15, -0.1) is 0 Å². The highest BCUT2D eigenvalue weighted by Crippen LogP contribution is 2.34. The Morgan fingerprint density at radius 3 is 3.22 bits per heavy atom. The van der Waals surface area contributed by atoms with E-state index in [2.05, 4.69) is 20.5 Å². The first kappa shape index (κ1) is 14.0. The summed E-state index contributed by atoms with van der Waals surface area (Å²) in [5, 5.41) is 10.9. The predicted octanol–water partition coefficient (Wildman–Crippen LogP) is 2.01. The average molecular weight is 311 g/mol. The van der Waals surface area contributed by atoms with Crippen LogP contribution in [0.2, 0.25) is 0 Å². The Bertz CT molecular complexity index is 853. The van der Waals surface area contributed by atoms with E-state index in [-0.39, 0.29) is 17.9 Å². The number of para-hydroxylation sites is 1. The molecule has 1 amide bonds. The second-order valence-corrected chi connectivity index (χ2v) is 5.71. The van der Waals surface area contributed by atoms with Crippen molar-refractivity contribution in [2.75, 3.05) is 11.9 Å². The number of anilines is 1. The number of H-pyrrole nitrogens is 1. The molecule has 3 aromatic rings. The molecule has 1 saturated heterocycles. The van der Waals surface area contributed by atoms with Gasteiger partial charge in [-0.1, -0.05) is 12.1 Å². The monoisotopic (exact) mass is 311 g/mol. The second-order valence-electron chi connectivity index (χ2n) is 5.71. The molecule has 1 aromatic carbocycles. The molecule has 2 N–H and O–H groups in total. The number of rotatable bonds is 3. The van der Waals surface area contributed by atoms with E-state index in [1.807, 2.05) is 36.0 Å². The Kier molecular flexibility index (Phi) is 3.34. The lowest BCUT2D eigenvalue weighted by molar-refractivity contribution is -0.121. The van der Waals surface area contributed by atoms with Crippen molar-refractivity contribution in [1.29, 1.82) is 0 Å². The molecule has 23 heavy (non-hydrogen) atoms. The Hall–Kier alpha value is -2.67. The predicted molar refractivity (Wildman–Crippen MR) is 84.7 cm³/mol. The van der Waals surface area contributed by atoms with E-state index in [1.54, 1.807) is 12.4 Å². The molecule has 0 radical (unpaired) electrons. The minimum atomic E-state index is -0.309. The zero-order valence-electron chi connectivity index (χ0n) is 12.7. The molecule has 4 rings (SSSR count). The van der Waals surface area contributed by atoms with Crippen LogP contribution in [-0.2, 0) is 16.6 Å². The fourth-order valence-corrected chi connectivity index (χ4v) is 3.06. The highest BCUT2D eigenvalue weighted by molar-refractivity contribution is 6.01. The molecule has 7 heteroatoms. The average Bonchev–Trinajstić information content (AvgIpc) is 3.26. The van der Waals surface area contributed by atoms with Crippen LogP contribution in [0, 0.1) is 5.92 Å². The third kappa shape index (κ3) is 2.39. The topological polar surface area (TPSA) is 84.8 Å². The largest absolute Gasteiger partial charge is 0.369 e. The van der Waals surface area contributed by atoms with E-state index in [4.69, 9.17) is 4.74 Å². The maximum atomic E-state index is 12.7. The van der Waals surface area contributed by atoms with Crippen LogP contribution < -0.4 is 5.32 Å². The van der Waals surface area contributed by atoms with Crippen LogP contribution in [-0.4, -0.2) is 32.3 Å². The molecule has 7 nitrogen and oxygen atoms in total. The number of ether oxygens (including phenoxy) is 1. The number of benzene rings is 1. The van der Waals surface area contributed by atoms with Crippen LogP contribution in [0.4, 0.5) is 5.69 Å². The number of nitrogens with one attached hydrogen (secondary N) is 2. The smallest absolute Gasteiger partial charge is 0.230 e. The maximum absolute atomic E-state index is 12.7. The Balaban J connectivity index is 1.59. The van der Waals surface area contributed by atoms with Crippen molar-refractivity contribution in [3.63, 3.8) is 0 Å². The first-order valence-electron chi connectivity index (χ1n) is 7.56. The molecule has 0 bridgehead atoms. The van der Waals surface area contributed by atoms with Gasteiger partial charge in [-0.05, 0) is 12.5 Å². The summed E-state index contributed by atoms with van der Waals surface area (Å²) in [6, 6.07) is 5.71. The number of nitrogens with zero attached hydrogens (tertiary/aromatic N) is 3. The lowest BCUT2D eigenvalue weighted by Crippen LogP contribution is -2.26. The number of carbonyl (C=O) groups is 1. The van der Waals surface area contributed by atoms with E-state index in [0.29, 0.717) is 13.0 Å². The van der Waals surface area contributed by atoms with Crippen LogP contribution in [0.1, 0.15) is 18.3 Å². The minimum Gasteiger partial charge on any atom is -0.369 e. The molecule has 1 aliphatic heterocycles. The molecule has 0 saturated carbocycles. The van der Waals surface area contributed by atoms with Crippen molar-refractivity contribution in [2.45, 2.75) is 12.5 Å². The summed E-state index contributed by atoms with van der Waals surface area (Å²) in [6.07, 6.45) is 5.69. The SMILES string of the molecule is Cn1ccnc1[C@@H]1OCC[C@H]1C(=O)Nc1cccc2cn[nH]c12. The Morgan fingerprint density at radius 1 is 1.48 bits per heavy atom. The van der Waals surface area contributed by atoms with Crippen LogP contribution in [0.15, 0.2) is 36.8 Å². The van der Waals surface area contributed by atoms with Gasteiger partial charge >= 0.3 is 0 Å². The molecule has 0 unspecified atom stereocenters. The minimum absolute atomic E-state index is 0.0578. The van der Waals surface area contributed by atoms with E-state index in [9.17, 15) is 4.79 Å². The quantitative estimate of drug-likeness (QED) is 0.775. The first-order chi connectivity index (χ1) is 11.2. The zero-order chi connectivity index (χ0) is 15.8. The molecule has 118 valence electrons. The summed E-state index contributed by atoms with van der Waals surface area (Å²) in [5.41, 5.74) is 1.56. The third-order valence-corrected chi connectivity index (χ3v) is 4.28. The molecule has 2 aromatic heterocycles. The molecule has 0 aliphatic carbocycles. The van der Waals surface area contributed by atoms with Gasteiger partial charge in [0.2, 0.25) is 5.91 Å². The number of aryl methyl sites for hydroxylation is 1. The lowest BCUT2D eigenvalue weighted by Gasteiger charge is -2.18. The third-order valence-electron chi connectivity index (χ3n) is 4.28. The van der Waals surface area contributed by atoms with Gasteiger partial charge in [0.15, 0.2) is 0 Å². The summed E-state index contributed by atoms with van der Waals surface area (Å²) < 4.78 is 7.65. The number of imidazole rings is 1. The van der Waals surface area contributed by atoms with E-state index >= 15 is 0 Å². The van der Waals surface area contributed by atoms with E-state index < -0.39 is 0 Å². The van der Waals surface area contributed by atoms with Crippen molar-refractivity contribution in [1.82, 2.24) is 19.7 Å². The van der Waals surface area contributed by atoms with Gasteiger partial charge in [0.05, 0.1) is 23.3 Å². The Labute approximate surface area is 132 Å². The standard InChI is InChI=1S/C16H17N5O2/c1-21-7-6-17-15(21)14-11(5-8-23-14)16(22)19-12-4-2-3-10-9-18-20-13(10)12/h2-4,6-7,9,11,14H,5,8H2,1H3,(H,18,20)(H,19,22)/t11-,14-/m1/s1. The fraction of sp³-hybridized carbons (Fsp3) is 0.312. The van der Waals surface area contributed by atoms with Gasteiger partial charge in [-0.2, -0.15) is 5.10 Å². The van der Waals surface area contributed by atoms with Crippen LogP contribution in [0.25, 0.3) is 10.9 Å². The zero-order valence-corrected chi connectivity index (χ0v) is 12.7. The number of aromatic amines is 1. The van der Waals surface area contributed by atoms with E-state index in [1.165, 1.54) is 0 Å². The van der Waals surface area contributed by atoms with Gasteiger partial charge < -0.3 is 14.6 Å². The van der Waals surface area contributed by atoms with Crippen molar-refractivity contribution in [3.8, 4) is 0 Å². The van der Waals surface area contributed by atoms with Crippen molar-refractivity contribution < 1.29 is 9.53 Å². The normalized spacial score (nSPS) is 20.9. The molecule has 0 spiro atoms. The Morgan fingerprint density at radius 2 is 2.39 bits per heavy atom. The van der Waals surface area contributed by atoms with Crippen molar-refractivity contribution >= 4 is 22.5 Å². The number of hydrogen-bond acceptors (Lipinski definition) is 4. The summed E-state index contributed by atoms with van der Waals surface area (Å²) in [5.74, 6) is 0.467. The number of aromatic nitrogens is 4. The van der Waals surface area contributed by atoms with Crippen LogP contribution in [0.3, 0.4) is 0 Å². The van der Waals surface area contributed by atoms with Gasteiger partial charge in [0, 0.05) is 31.4 Å². The maximum Gasteiger partial charge on any atom is 0.230 e. The molecular formula is C16H17N5O2. The van der Waals surface area contributed by atoms with Crippen molar-refractivity contribution in [3.05, 3.63) is 42.6 Å². The molecule has 3 heterocycles. The van der Waals surface area contributed by atoms with Gasteiger partial charge in [0.25, 0.3) is 0 Å². The highest BCUT2D eigenvalue weighted by Gasteiger charge is 2.37. The summed E-state index contributed by atoms with van der Waals surface area (Å²) in [7, 11) is 1.91. The molecule has 1 fully saturated rings. The lowest BCUT2D eigenvalue weighted by atomic mass is 9.99. The number of amides is 1. The molecule has 2 atom stereocenters. The highest BCUT2D eigenvalue weighted by atomic mass is 16.5. The van der Waals surface area contributed by atoms with Gasteiger partial charge in [-0.25, -0.2) is 4.98 Å². The van der Waals surface area contributed by atoms with Crippen molar-refractivity contribution in [2.24, 2.45) is 13.0 Å². The molecular weight excluding hydrogens is 294 g/mol. The summed E-state index contributed by atoms with van der Waals surface area (Å²) >= 11 is 0. The molecule has 1 aliphatic rings. The second kappa shape index (κ2) is 5.51. The van der Waals surface area contributed by atoms with Crippen LogP contribution in [0.5, 0.6) is 0 Å². The van der Waals surface area contributed by atoms with E-state index in [0.717, 1.165) is 22.4 Å². The van der Waals surface area contributed by atoms with Gasteiger partial charge in [0.1, 0.15) is 11.9 Å². The number of hydrogen-bond donors (Lipinski definition) is 2.